The summed E-state index contributed by atoms with van der Waals surface area (Å²) in [5, 5.41) is 0.852. The van der Waals surface area contributed by atoms with Crippen LogP contribution in [0.15, 0.2) is 57.7 Å². The third kappa shape index (κ3) is 2.72. The summed E-state index contributed by atoms with van der Waals surface area (Å²) >= 11 is 0. The zero-order valence-corrected chi connectivity index (χ0v) is 12.3. The fourth-order valence-electron chi connectivity index (χ4n) is 2.45. The molecule has 0 fully saturated rings. The number of hydrogen-bond acceptors (Lipinski definition) is 3. The summed E-state index contributed by atoms with van der Waals surface area (Å²) in [5.74, 6) is 0.218. The summed E-state index contributed by atoms with van der Waals surface area (Å²) in [6.07, 6.45) is -0.449. The second-order valence-corrected chi connectivity index (χ2v) is 5.19. The number of benzene rings is 2. The molecule has 2 aromatic carbocycles. The summed E-state index contributed by atoms with van der Waals surface area (Å²) in [4.78, 5) is 11.4. The minimum Gasteiger partial charge on any atom is -0.486 e. The molecule has 1 atom stereocenters. The summed E-state index contributed by atoms with van der Waals surface area (Å²) in [5.41, 5.74) is 1.39. The van der Waals surface area contributed by atoms with E-state index in [0.717, 1.165) is 10.9 Å². The molecule has 3 nitrogen and oxygen atoms in total. The number of halogens is 1. The average molecular weight is 298 g/mol. The second kappa shape index (κ2) is 5.64. The zero-order valence-electron chi connectivity index (χ0n) is 12.3. The van der Waals surface area contributed by atoms with Gasteiger partial charge in [0.05, 0.1) is 0 Å². The molecular formula is C18H15FO3. The van der Waals surface area contributed by atoms with Gasteiger partial charge >= 0.3 is 5.63 Å². The van der Waals surface area contributed by atoms with Crippen molar-refractivity contribution in [1.29, 1.82) is 0 Å². The van der Waals surface area contributed by atoms with E-state index in [0.29, 0.717) is 16.9 Å². The van der Waals surface area contributed by atoms with Crippen molar-refractivity contribution in [3.05, 3.63) is 75.9 Å². The van der Waals surface area contributed by atoms with Crippen molar-refractivity contribution in [1.82, 2.24) is 0 Å². The lowest BCUT2D eigenvalue weighted by Crippen LogP contribution is -2.05. The maximum atomic E-state index is 13.8. The maximum Gasteiger partial charge on any atom is 0.336 e. The van der Waals surface area contributed by atoms with Crippen molar-refractivity contribution in [3.8, 4) is 5.75 Å². The molecule has 1 unspecified atom stereocenters. The minimum absolute atomic E-state index is 0.307. The molecule has 4 heteroatoms. The smallest absolute Gasteiger partial charge is 0.336 e. The van der Waals surface area contributed by atoms with Gasteiger partial charge in [-0.3, -0.25) is 0 Å². The van der Waals surface area contributed by atoms with Crippen LogP contribution in [0.3, 0.4) is 0 Å². The number of aryl methyl sites for hydroxylation is 1. The van der Waals surface area contributed by atoms with Gasteiger partial charge in [-0.2, -0.15) is 0 Å². The van der Waals surface area contributed by atoms with Gasteiger partial charge < -0.3 is 9.15 Å². The minimum atomic E-state index is -0.449. The first-order valence-corrected chi connectivity index (χ1v) is 7.00. The van der Waals surface area contributed by atoms with Crippen molar-refractivity contribution in [2.24, 2.45) is 0 Å². The van der Waals surface area contributed by atoms with Gasteiger partial charge in [0.25, 0.3) is 0 Å². The first kappa shape index (κ1) is 14.3. The number of ether oxygens (including phenoxy) is 1. The molecular weight excluding hydrogens is 283 g/mol. The van der Waals surface area contributed by atoms with Gasteiger partial charge in [-0.05, 0) is 37.6 Å². The molecule has 0 aliphatic heterocycles. The normalized spacial score (nSPS) is 12.3. The Morgan fingerprint density at radius 1 is 1.14 bits per heavy atom. The van der Waals surface area contributed by atoms with Crippen LogP contribution in [-0.4, -0.2) is 0 Å². The predicted molar refractivity (Wildman–Crippen MR) is 82.7 cm³/mol. The Morgan fingerprint density at radius 3 is 2.68 bits per heavy atom. The van der Waals surface area contributed by atoms with Crippen molar-refractivity contribution in [3.63, 3.8) is 0 Å². The molecule has 0 N–H and O–H groups in total. The first-order chi connectivity index (χ1) is 10.5. The van der Waals surface area contributed by atoms with Gasteiger partial charge in [0, 0.05) is 23.1 Å². The third-order valence-corrected chi connectivity index (χ3v) is 3.58. The van der Waals surface area contributed by atoms with E-state index < -0.39 is 11.7 Å². The Kier molecular flexibility index (Phi) is 3.67. The molecule has 0 amide bonds. The molecule has 0 aliphatic carbocycles. The molecule has 0 bridgehead atoms. The molecule has 3 aromatic rings. The highest BCUT2D eigenvalue weighted by atomic mass is 19.1. The van der Waals surface area contributed by atoms with Gasteiger partial charge in [0.1, 0.15) is 23.3 Å². The SMILES string of the molecule is Cc1cc(=O)oc2cc(OC(C)c3ccccc3F)ccc12. The van der Waals surface area contributed by atoms with Gasteiger partial charge in [-0.25, -0.2) is 9.18 Å². The fourth-order valence-corrected chi connectivity index (χ4v) is 2.45. The number of hydrogen-bond donors (Lipinski definition) is 0. The Bertz CT molecular complexity index is 883. The van der Waals surface area contributed by atoms with Gasteiger partial charge in [0.15, 0.2) is 0 Å². The molecule has 0 spiro atoms. The van der Waals surface area contributed by atoms with Gasteiger partial charge in [-0.1, -0.05) is 18.2 Å². The van der Waals surface area contributed by atoms with E-state index in [1.54, 1.807) is 37.3 Å². The van der Waals surface area contributed by atoms with E-state index in [9.17, 15) is 9.18 Å². The summed E-state index contributed by atoms with van der Waals surface area (Å²) in [7, 11) is 0. The van der Waals surface area contributed by atoms with Crippen LogP contribution in [0.5, 0.6) is 5.75 Å². The van der Waals surface area contributed by atoms with Crippen LogP contribution < -0.4 is 10.4 Å². The summed E-state index contributed by atoms with van der Waals surface area (Å²) < 4.78 is 24.7. The molecule has 112 valence electrons. The van der Waals surface area contributed by atoms with Gasteiger partial charge in [0.2, 0.25) is 0 Å². The lowest BCUT2D eigenvalue weighted by molar-refractivity contribution is 0.221. The molecule has 1 heterocycles. The van der Waals surface area contributed by atoms with E-state index in [4.69, 9.17) is 9.15 Å². The maximum absolute atomic E-state index is 13.8. The monoisotopic (exact) mass is 298 g/mol. The largest absolute Gasteiger partial charge is 0.486 e. The first-order valence-electron chi connectivity index (χ1n) is 7.00. The Labute approximate surface area is 127 Å². The molecule has 0 radical (unpaired) electrons. The standard InChI is InChI=1S/C18H15FO3/c1-11-9-18(20)22-17-10-13(7-8-14(11)17)21-12(2)15-5-3-4-6-16(15)19/h3-10,12H,1-2H3. The van der Waals surface area contributed by atoms with Crippen molar-refractivity contribution < 1.29 is 13.5 Å². The van der Waals surface area contributed by atoms with Crippen LogP contribution in [0.25, 0.3) is 11.0 Å². The molecule has 0 saturated heterocycles. The van der Waals surface area contributed by atoms with E-state index in [1.165, 1.54) is 12.1 Å². The lowest BCUT2D eigenvalue weighted by atomic mass is 10.1. The predicted octanol–water partition coefficient (Wildman–Crippen LogP) is 4.38. The van der Waals surface area contributed by atoms with Crippen LogP contribution in [-0.2, 0) is 0 Å². The molecule has 0 saturated carbocycles. The van der Waals surface area contributed by atoms with Crippen LogP contribution >= 0.6 is 0 Å². The van der Waals surface area contributed by atoms with E-state index in [-0.39, 0.29) is 5.82 Å². The highest BCUT2D eigenvalue weighted by Crippen LogP contribution is 2.27. The highest BCUT2D eigenvalue weighted by molar-refractivity contribution is 5.81. The molecule has 1 aromatic heterocycles. The third-order valence-electron chi connectivity index (χ3n) is 3.58. The summed E-state index contributed by atoms with van der Waals surface area (Å²) in [6, 6.07) is 13.2. The number of rotatable bonds is 3. The van der Waals surface area contributed by atoms with Crippen LogP contribution in [0, 0.1) is 12.7 Å². The average Bonchev–Trinajstić information content (AvgIpc) is 2.47. The topological polar surface area (TPSA) is 39.4 Å². The van der Waals surface area contributed by atoms with E-state index in [1.807, 2.05) is 13.0 Å². The second-order valence-electron chi connectivity index (χ2n) is 5.19. The van der Waals surface area contributed by atoms with Crippen molar-refractivity contribution >= 4 is 11.0 Å². The summed E-state index contributed by atoms with van der Waals surface area (Å²) in [6.45, 7) is 3.62. The van der Waals surface area contributed by atoms with Crippen molar-refractivity contribution in [2.45, 2.75) is 20.0 Å². The van der Waals surface area contributed by atoms with Crippen molar-refractivity contribution in [2.75, 3.05) is 0 Å². The van der Waals surface area contributed by atoms with Crippen LogP contribution in [0.1, 0.15) is 24.2 Å². The molecule has 3 rings (SSSR count). The quantitative estimate of drug-likeness (QED) is 0.674. The van der Waals surface area contributed by atoms with E-state index >= 15 is 0 Å². The fraction of sp³-hybridized carbons (Fsp3) is 0.167. The van der Waals surface area contributed by atoms with E-state index in [2.05, 4.69) is 0 Å². The Morgan fingerprint density at radius 2 is 1.91 bits per heavy atom. The number of fused-ring (bicyclic) bond motifs is 1. The Balaban J connectivity index is 1.94. The lowest BCUT2D eigenvalue weighted by Gasteiger charge is -2.16. The zero-order chi connectivity index (χ0) is 15.7. The van der Waals surface area contributed by atoms with Crippen LogP contribution in [0.2, 0.25) is 0 Å². The van der Waals surface area contributed by atoms with Crippen LogP contribution in [0.4, 0.5) is 4.39 Å². The molecule has 22 heavy (non-hydrogen) atoms. The Hall–Kier alpha value is -2.62. The van der Waals surface area contributed by atoms with Gasteiger partial charge in [-0.15, -0.1) is 0 Å². The molecule has 0 aliphatic rings. The highest BCUT2D eigenvalue weighted by Gasteiger charge is 2.12.